The van der Waals surface area contributed by atoms with E-state index >= 15 is 0 Å². The Morgan fingerprint density at radius 1 is 1.50 bits per heavy atom. The molecule has 0 spiro atoms. The molecule has 2 aliphatic rings. The summed E-state index contributed by atoms with van der Waals surface area (Å²) in [7, 11) is 0. The number of hydrogen-bond donors (Lipinski definition) is 0. The minimum absolute atomic E-state index is 0.251. The molecule has 1 amide bonds. The van der Waals surface area contributed by atoms with Crippen molar-refractivity contribution < 1.29 is 4.79 Å². The molecule has 1 aliphatic carbocycles. The van der Waals surface area contributed by atoms with Gasteiger partial charge in [0.05, 0.1) is 4.88 Å². The first kappa shape index (κ1) is 13.0. The van der Waals surface area contributed by atoms with E-state index in [0.29, 0.717) is 6.04 Å². The summed E-state index contributed by atoms with van der Waals surface area (Å²) >= 11 is 7.15. The van der Waals surface area contributed by atoms with Gasteiger partial charge in [-0.25, -0.2) is 0 Å². The highest BCUT2D eigenvalue weighted by Crippen LogP contribution is 2.34. The van der Waals surface area contributed by atoms with Gasteiger partial charge in [-0.05, 0) is 36.6 Å². The number of aryl methyl sites for hydroxylation is 1. The first-order valence-corrected chi connectivity index (χ1v) is 9.45. The van der Waals surface area contributed by atoms with Gasteiger partial charge in [-0.2, -0.15) is 11.8 Å². The van der Waals surface area contributed by atoms with Crippen LogP contribution in [-0.4, -0.2) is 34.5 Å². The van der Waals surface area contributed by atoms with Gasteiger partial charge in [0.2, 0.25) is 0 Å². The molecule has 3 rings (SSSR count). The SMILES string of the molecule is O=C(c1cc2c(s1)CCSC2)N(CCBr)C1CC1. The van der Waals surface area contributed by atoms with Crippen molar-refractivity contribution in [1.29, 1.82) is 0 Å². The quantitative estimate of drug-likeness (QED) is 0.778. The standard InChI is InChI=1S/C13H16BrNOS2/c14-4-5-15(10-1-2-10)13(16)12-7-9-8-17-6-3-11(9)18-12/h7,10H,1-6,8H2. The minimum atomic E-state index is 0.251. The Morgan fingerprint density at radius 2 is 2.33 bits per heavy atom. The van der Waals surface area contributed by atoms with E-state index in [9.17, 15) is 4.79 Å². The van der Waals surface area contributed by atoms with E-state index in [2.05, 4.69) is 26.9 Å². The molecule has 0 N–H and O–H groups in total. The molecule has 1 aromatic heterocycles. The van der Waals surface area contributed by atoms with Crippen molar-refractivity contribution in [3.05, 3.63) is 21.4 Å². The molecule has 98 valence electrons. The van der Waals surface area contributed by atoms with Crippen molar-refractivity contribution in [2.24, 2.45) is 0 Å². The predicted octanol–water partition coefficient (Wildman–Crippen LogP) is 3.54. The van der Waals surface area contributed by atoms with Gasteiger partial charge in [0.1, 0.15) is 0 Å². The van der Waals surface area contributed by atoms with Gasteiger partial charge in [-0.1, -0.05) is 15.9 Å². The summed E-state index contributed by atoms with van der Waals surface area (Å²) in [4.78, 5) is 17.0. The molecule has 0 aromatic carbocycles. The number of hydrogen-bond acceptors (Lipinski definition) is 3. The number of halogens is 1. The Morgan fingerprint density at radius 3 is 3.00 bits per heavy atom. The van der Waals surface area contributed by atoms with E-state index in [4.69, 9.17) is 0 Å². The lowest BCUT2D eigenvalue weighted by Crippen LogP contribution is -2.34. The minimum Gasteiger partial charge on any atom is -0.334 e. The van der Waals surface area contributed by atoms with Gasteiger partial charge in [0, 0.05) is 28.5 Å². The average Bonchev–Trinajstić information content (AvgIpc) is 3.13. The van der Waals surface area contributed by atoms with Crippen LogP contribution in [-0.2, 0) is 12.2 Å². The summed E-state index contributed by atoms with van der Waals surface area (Å²) in [6.07, 6.45) is 3.50. The maximum Gasteiger partial charge on any atom is 0.264 e. The number of carbonyl (C=O) groups excluding carboxylic acids is 1. The van der Waals surface area contributed by atoms with E-state index in [0.717, 1.165) is 28.9 Å². The molecule has 5 heteroatoms. The third-order valence-corrected chi connectivity index (χ3v) is 6.00. The molecule has 2 nitrogen and oxygen atoms in total. The number of carbonyl (C=O) groups is 1. The molecule has 0 saturated heterocycles. The van der Waals surface area contributed by atoms with Crippen molar-refractivity contribution in [1.82, 2.24) is 4.90 Å². The molecule has 0 radical (unpaired) electrons. The lowest BCUT2D eigenvalue weighted by Gasteiger charge is -2.20. The monoisotopic (exact) mass is 345 g/mol. The molecule has 0 unspecified atom stereocenters. The Labute approximate surface area is 124 Å². The second-order valence-electron chi connectivity index (χ2n) is 4.78. The van der Waals surface area contributed by atoms with Crippen molar-refractivity contribution in [3.63, 3.8) is 0 Å². The molecule has 0 bridgehead atoms. The topological polar surface area (TPSA) is 20.3 Å². The van der Waals surface area contributed by atoms with Crippen LogP contribution in [0.3, 0.4) is 0 Å². The van der Waals surface area contributed by atoms with Crippen molar-refractivity contribution in [2.75, 3.05) is 17.6 Å². The molecule has 1 saturated carbocycles. The van der Waals surface area contributed by atoms with Crippen LogP contribution in [0.1, 0.15) is 33.0 Å². The first-order valence-electron chi connectivity index (χ1n) is 6.36. The van der Waals surface area contributed by atoms with E-state index in [-0.39, 0.29) is 5.91 Å². The third kappa shape index (κ3) is 2.63. The zero-order chi connectivity index (χ0) is 12.5. The van der Waals surface area contributed by atoms with Gasteiger partial charge >= 0.3 is 0 Å². The number of alkyl halides is 1. The van der Waals surface area contributed by atoms with Gasteiger partial charge < -0.3 is 4.90 Å². The van der Waals surface area contributed by atoms with Crippen molar-refractivity contribution in [3.8, 4) is 0 Å². The maximum absolute atomic E-state index is 12.5. The number of nitrogens with zero attached hydrogens (tertiary/aromatic N) is 1. The van der Waals surface area contributed by atoms with Gasteiger partial charge in [-0.3, -0.25) is 4.79 Å². The summed E-state index contributed by atoms with van der Waals surface area (Å²) in [6.45, 7) is 0.834. The second-order valence-corrected chi connectivity index (χ2v) is 7.82. The van der Waals surface area contributed by atoms with E-state index in [1.54, 1.807) is 11.3 Å². The fourth-order valence-electron chi connectivity index (χ4n) is 2.32. The van der Waals surface area contributed by atoms with Gasteiger partial charge in [0.25, 0.3) is 5.91 Å². The normalized spacial score (nSPS) is 18.5. The number of amides is 1. The Hall–Kier alpha value is -0.000000000000000167. The van der Waals surface area contributed by atoms with Crippen LogP contribution in [0.2, 0.25) is 0 Å². The average molecular weight is 346 g/mol. The highest BCUT2D eigenvalue weighted by atomic mass is 79.9. The van der Waals surface area contributed by atoms with Crippen molar-refractivity contribution in [2.45, 2.75) is 31.1 Å². The molecular weight excluding hydrogens is 330 g/mol. The van der Waals surface area contributed by atoms with E-state index in [1.165, 1.54) is 29.0 Å². The smallest absolute Gasteiger partial charge is 0.264 e. The molecule has 1 aliphatic heterocycles. The fraction of sp³-hybridized carbons (Fsp3) is 0.615. The van der Waals surface area contributed by atoms with Gasteiger partial charge in [0.15, 0.2) is 0 Å². The molecule has 1 fully saturated rings. The zero-order valence-electron chi connectivity index (χ0n) is 10.2. The number of thioether (sulfide) groups is 1. The van der Waals surface area contributed by atoms with E-state index in [1.807, 2.05) is 11.8 Å². The first-order chi connectivity index (χ1) is 8.79. The molecule has 0 atom stereocenters. The Bertz CT molecular complexity index is 432. The van der Waals surface area contributed by atoms with Crippen LogP contribution in [0.25, 0.3) is 0 Å². The van der Waals surface area contributed by atoms with Crippen LogP contribution in [0.5, 0.6) is 0 Å². The molecule has 2 heterocycles. The molecule has 1 aromatic rings. The van der Waals surface area contributed by atoms with Crippen LogP contribution < -0.4 is 0 Å². The molecular formula is C13H16BrNOS2. The number of thiophene rings is 1. The zero-order valence-corrected chi connectivity index (χ0v) is 13.4. The maximum atomic E-state index is 12.5. The fourth-order valence-corrected chi connectivity index (χ4v) is 5.03. The number of fused-ring (bicyclic) bond motifs is 1. The van der Waals surface area contributed by atoms with E-state index < -0.39 is 0 Å². The molecule has 18 heavy (non-hydrogen) atoms. The van der Waals surface area contributed by atoms with Gasteiger partial charge in [-0.15, -0.1) is 11.3 Å². The predicted molar refractivity (Wildman–Crippen MR) is 82.0 cm³/mol. The second kappa shape index (κ2) is 5.55. The third-order valence-electron chi connectivity index (χ3n) is 3.41. The lowest BCUT2D eigenvalue weighted by molar-refractivity contribution is 0.0759. The number of rotatable bonds is 4. The Balaban J connectivity index is 1.80. The largest absolute Gasteiger partial charge is 0.334 e. The highest BCUT2D eigenvalue weighted by molar-refractivity contribution is 9.09. The van der Waals surface area contributed by atoms with Crippen LogP contribution >= 0.6 is 39.0 Å². The summed E-state index contributed by atoms with van der Waals surface area (Å²) < 4.78 is 0. The summed E-state index contributed by atoms with van der Waals surface area (Å²) in [5, 5.41) is 0.871. The van der Waals surface area contributed by atoms with Crippen LogP contribution in [0.15, 0.2) is 6.07 Å². The Kier molecular flexibility index (Phi) is 4.01. The highest BCUT2D eigenvalue weighted by Gasteiger charge is 2.33. The summed E-state index contributed by atoms with van der Waals surface area (Å²) in [5.74, 6) is 2.54. The summed E-state index contributed by atoms with van der Waals surface area (Å²) in [6, 6.07) is 2.64. The van der Waals surface area contributed by atoms with Crippen LogP contribution in [0.4, 0.5) is 0 Å². The lowest BCUT2D eigenvalue weighted by atomic mass is 10.2. The van der Waals surface area contributed by atoms with Crippen molar-refractivity contribution >= 4 is 44.9 Å². The van der Waals surface area contributed by atoms with Crippen LogP contribution in [0, 0.1) is 0 Å². The summed E-state index contributed by atoms with van der Waals surface area (Å²) in [5.41, 5.74) is 1.40.